The number of ether oxygens (including phenoxy) is 2. The minimum Gasteiger partial charge on any atom is -0.494 e. The lowest BCUT2D eigenvalue weighted by atomic mass is 9.90. The molecule has 1 unspecified atom stereocenters. The molecule has 1 N–H and O–H groups in total. The van der Waals surface area contributed by atoms with Gasteiger partial charge in [-0.15, -0.1) is 0 Å². The number of nitrogens with one attached hydrogen (secondary N) is 1. The number of aromatic nitrogens is 1. The third-order valence-electron chi connectivity index (χ3n) is 8.87. The van der Waals surface area contributed by atoms with E-state index < -0.39 is 5.54 Å². The first kappa shape index (κ1) is 28.6. The van der Waals surface area contributed by atoms with Crippen LogP contribution in [0.25, 0.3) is 22.0 Å². The number of amides is 3. The summed E-state index contributed by atoms with van der Waals surface area (Å²) >= 11 is 0. The predicted molar refractivity (Wildman–Crippen MR) is 175 cm³/mol. The van der Waals surface area contributed by atoms with E-state index in [9.17, 15) is 9.59 Å². The normalized spacial score (nSPS) is 17.3. The molecular formula is C38H35N3O4. The van der Waals surface area contributed by atoms with Gasteiger partial charge >= 0.3 is 6.03 Å². The molecule has 0 bridgehead atoms. The van der Waals surface area contributed by atoms with Gasteiger partial charge in [0.15, 0.2) is 0 Å². The third kappa shape index (κ3) is 5.39. The van der Waals surface area contributed by atoms with Crippen molar-refractivity contribution in [3.8, 4) is 22.6 Å². The number of carbonyl (C=O) groups excluding carboxylic acids is 2. The van der Waals surface area contributed by atoms with Crippen molar-refractivity contribution in [2.24, 2.45) is 0 Å². The van der Waals surface area contributed by atoms with Gasteiger partial charge in [0.2, 0.25) is 0 Å². The van der Waals surface area contributed by atoms with Gasteiger partial charge in [-0.1, -0.05) is 66.7 Å². The number of para-hydroxylation sites is 1. The molecule has 1 atom stereocenters. The minimum atomic E-state index is -1.10. The highest BCUT2D eigenvalue weighted by atomic mass is 16.5. The van der Waals surface area contributed by atoms with E-state index in [1.165, 1.54) is 10.5 Å². The molecule has 226 valence electrons. The van der Waals surface area contributed by atoms with Gasteiger partial charge in [-0.3, -0.25) is 14.7 Å². The monoisotopic (exact) mass is 597 g/mol. The van der Waals surface area contributed by atoms with E-state index in [1.807, 2.05) is 42.6 Å². The van der Waals surface area contributed by atoms with Crippen LogP contribution in [0.1, 0.15) is 41.2 Å². The van der Waals surface area contributed by atoms with Crippen LogP contribution in [0.4, 0.5) is 4.79 Å². The van der Waals surface area contributed by atoms with Crippen molar-refractivity contribution < 1.29 is 19.1 Å². The summed E-state index contributed by atoms with van der Waals surface area (Å²) in [6, 6.07) is 30.2. The summed E-state index contributed by atoms with van der Waals surface area (Å²) in [6.45, 7) is 5.12. The molecule has 0 saturated carbocycles. The Labute approximate surface area is 262 Å². The van der Waals surface area contributed by atoms with Crippen molar-refractivity contribution in [3.63, 3.8) is 0 Å². The van der Waals surface area contributed by atoms with Crippen molar-refractivity contribution in [1.82, 2.24) is 15.2 Å². The van der Waals surface area contributed by atoms with Crippen molar-refractivity contribution in [2.45, 2.75) is 38.6 Å². The minimum absolute atomic E-state index is 0.251. The number of fused-ring (bicyclic) bond motifs is 2. The van der Waals surface area contributed by atoms with Crippen LogP contribution < -0.4 is 14.8 Å². The fourth-order valence-electron chi connectivity index (χ4n) is 6.45. The SMILES string of the molecule is Cc1cccc2c(-c3cccc(OCCCN4C(=O)NC(C)(c5ccc6c(c5)CCO6)C4=O)c3)c(Cc3ccccc3)cnc12. The number of carbonyl (C=O) groups is 2. The summed E-state index contributed by atoms with van der Waals surface area (Å²) in [5.41, 5.74) is 7.43. The maximum absolute atomic E-state index is 13.5. The van der Waals surface area contributed by atoms with Crippen molar-refractivity contribution in [1.29, 1.82) is 0 Å². The largest absolute Gasteiger partial charge is 0.494 e. The molecule has 3 heterocycles. The lowest BCUT2D eigenvalue weighted by molar-refractivity contribution is -0.131. The molecule has 45 heavy (non-hydrogen) atoms. The zero-order valence-corrected chi connectivity index (χ0v) is 25.5. The first-order chi connectivity index (χ1) is 21.9. The molecule has 1 aromatic heterocycles. The van der Waals surface area contributed by atoms with Crippen LogP contribution in [0.15, 0.2) is 97.2 Å². The Morgan fingerprint density at radius 3 is 2.69 bits per heavy atom. The van der Waals surface area contributed by atoms with E-state index in [1.54, 1.807) is 6.92 Å². The summed E-state index contributed by atoms with van der Waals surface area (Å²) in [4.78, 5) is 32.5. The van der Waals surface area contributed by atoms with Gasteiger partial charge in [-0.2, -0.15) is 0 Å². The molecule has 1 fully saturated rings. The Morgan fingerprint density at radius 1 is 0.978 bits per heavy atom. The zero-order chi connectivity index (χ0) is 31.0. The first-order valence-corrected chi connectivity index (χ1v) is 15.5. The molecule has 7 rings (SSSR count). The number of rotatable bonds is 9. The molecule has 7 heteroatoms. The van der Waals surface area contributed by atoms with E-state index in [-0.39, 0.29) is 18.5 Å². The van der Waals surface area contributed by atoms with Gasteiger partial charge in [0.25, 0.3) is 5.91 Å². The highest BCUT2D eigenvalue weighted by Gasteiger charge is 2.49. The van der Waals surface area contributed by atoms with E-state index in [2.05, 4.69) is 66.8 Å². The average molecular weight is 598 g/mol. The van der Waals surface area contributed by atoms with Crippen LogP contribution in [0, 0.1) is 6.92 Å². The van der Waals surface area contributed by atoms with Gasteiger partial charge in [0.1, 0.15) is 17.0 Å². The summed E-state index contributed by atoms with van der Waals surface area (Å²) in [7, 11) is 0. The number of urea groups is 1. The van der Waals surface area contributed by atoms with Crippen LogP contribution in [0.2, 0.25) is 0 Å². The summed E-state index contributed by atoms with van der Waals surface area (Å²) in [5.74, 6) is 1.33. The van der Waals surface area contributed by atoms with E-state index in [0.717, 1.165) is 68.6 Å². The first-order valence-electron chi connectivity index (χ1n) is 15.5. The second-order valence-electron chi connectivity index (χ2n) is 12.0. The Morgan fingerprint density at radius 2 is 1.82 bits per heavy atom. The summed E-state index contributed by atoms with van der Waals surface area (Å²) in [6.07, 6.45) is 4.07. The smallest absolute Gasteiger partial charge is 0.325 e. The van der Waals surface area contributed by atoms with Gasteiger partial charge in [-0.05, 0) is 89.9 Å². The van der Waals surface area contributed by atoms with Gasteiger partial charge in [0, 0.05) is 24.5 Å². The molecule has 4 aromatic carbocycles. The molecular weight excluding hydrogens is 562 g/mol. The van der Waals surface area contributed by atoms with Crippen LogP contribution in [0.5, 0.6) is 11.5 Å². The standard InChI is InChI=1S/C38H35N3O4/c1-25-9-6-14-32-34(29(24-39-35(25)32)21-26-10-4-3-5-11-26)28-12-7-13-31(23-28)44-19-8-18-41-36(42)38(2,40-37(41)43)30-15-16-33-27(22-30)17-20-45-33/h3-7,9-16,22-24H,8,17-21H2,1-2H3,(H,40,43). The van der Waals surface area contributed by atoms with Crippen molar-refractivity contribution in [2.75, 3.05) is 19.8 Å². The Kier molecular flexibility index (Phi) is 7.45. The molecule has 2 aliphatic rings. The van der Waals surface area contributed by atoms with E-state index in [0.29, 0.717) is 19.6 Å². The van der Waals surface area contributed by atoms with E-state index >= 15 is 0 Å². The van der Waals surface area contributed by atoms with Crippen LogP contribution in [-0.2, 0) is 23.2 Å². The number of benzene rings is 4. The number of imide groups is 1. The fourth-order valence-corrected chi connectivity index (χ4v) is 6.45. The molecule has 0 aliphatic carbocycles. The third-order valence-corrected chi connectivity index (χ3v) is 8.87. The second kappa shape index (κ2) is 11.7. The Bertz CT molecular complexity index is 1920. The maximum Gasteiger partial charge on any atom is 0.325 e. The summed E-state index contributed by atoms with van der Waals surface area (Å²) < 4.78 is 11.8. The second-order valence-corrected chi connectivity index (χ2v) is 12.0. The quantitative estimate of drug-likeness (QED) is 0.147. The van der Waals surface area contributed by atoms with Crippen LogP contribution >= 0.6 is 0 Å². The average Bonchev–Trinajstić information content (AvgIpc) is 3.61. The molecule has 1 saturated heterocycles. The van der Waals surface area contributed by atoms with Gasteiger partial charge in [0.05, 0.1) is 18.7 Å². The summed E-state index contributed by atoms with van der Waals surface area (Å²) in [5, 5.41) is 4.02. The lowest BCUT2D eigenvalue weighted by Crippen LogP contribution is -2.41. The number of hydrogen-bond acceptors (Lipinski definition) is 5. The van der Waals surface area contributed by atoms with Gasteiger partial charge < -0.3 is 14.8 Å². The topological polar surface area (TPSA) is 80.8 Å². The number of pyridine rings is 1. The molecule has 2 aliphatic heterocycles. The molecule has 3 amide bonds. The molecule has 7 nitrogen and oxygen atoms in total. The molecule has 0 spiro atoms. The molecule has 5 aromatic rings. The number of aryl methyl sites for hydroxylation is 1. The lowest BCUT2D eigenvalue weighted by Gasteiger charge is -2.23. The number of hydrogen-bond donors (Lipinski definition) is 1. The Hall–Kier alpha value is -5.17. The predicted octanol–water partition coefficient (Wildman–Crippen LogP) is 6.97. The van der Waals surface area contributed by atoms with Gasteiger partial charge in [-0.25, -0.2) is 4.79 Å². The van der Waals surface area contributed by atoms with Crippen molar-refractivity contribution in [3.05, 3.63) is 125 Å². The number of nitrogens with zero attached hydrogens (tertiary/aromatic N) is 2. The maximum atomic E-state index is 13.5. The highest BCUT2D eigenvalue weighted by Crippen LogP contribution is 2.36. The highest BCUT2D eigenvalue weighted by molar-refractivity contribution is 6.07. The van der Waals surface area contributed by atoms with Crippen LogP contribution in [0.3, 0.4) is 0 Å². The Balaban J connectivity index is 1.06. The van der Waals surface area contributed by atoms with Crippen LogP contribution in [-0.4, -0.2) is 41.6 Å². The fraction of sp³-hybridized carbons (Fsp3) is 0.237. The van der Waals surface area contributed by atoms with E-state index in [4.69, 9.17) is 14.5 Å². The molecule has 0 radical (unpaired) electrons. The zero-order valence-electron chi connectivity index (χ0n) is 25.5. The van der Waals surface area contributed by atoms with Crippen molar-refractivity contribution >= 4 is 22.8 Å².